The Morgan fingerprint density at radius 3 is 2.56 bits per heavy atom. The first kappa shape index (κ1) is 14.6. The molecule has 1 nitrogen and oxygen atoms in total. The Balaban J connectivity index is 3.04. The molecule has 0 aliphatic rings. The molecular weight excluding hydrogens is 218 g/mol. The molecule has 0 amide bonds. The number of allylic oxidation sites excluding steroid dienone is 3. The van der Waals surface area contributed by atoms with E-state index in [0.717, 1.165) is 12.2 Å². The Morgan fingerprint density at radius 1 is 1.39 bits per heavy atom. The summed E-state index contributed by atoms with van der Waals surface area (Å²) in [5, 5.41) is 3.28. The van der Waals surface area contributed by atoms with Gasteiger partial charge in [-0.3, -0.25) is 0 Å². The van der Waals surface area contributed by atoms with Crippen LogP contribution in [0.5, 0.6) is 0 Å². The maximum Gasteiger partial charge on any atom is 0.0397 e. The number of hydrogen-bond donors (Lipinski definition) is 1. The quantitative estimate of drug-likeness (QED) is 0.792. The van der Waals surface area contributed by atoms with Crippen LogP contribution in [0.1, 0.15) is 44.4 Å². The Bertz CT molecular complexity index is 453. The number of nitrogens with one attached hydrogen (secondary N) is 1. The molecular formula is C17H25N. The molecule has 0 aliphatic carbocycles. The molecule has 1 aromatic rings. The first-order valence-electron chi connectivity index (χ1n) is 6.61. The van der Waals surface area contributed by atoms with E-state index in [-0.39, 0.29) is 0 Å². The maximum atomic E-state index is 3.87. The summed E-state index contributed by atoms with van der Waals surface area (Å²) < 4.78 is 0. The van der Waals surface area contributed by atoms with Gasteiger partial charge in [0.2, 0.25) is 0 Å². The minimum absolute atomic E-state index is 0.554. The third kappa shape index (κ3) is 3.76. The van der Waals surface area contributed by atoms with Gasteiger partial charge in [-0.1, -0.05) is 38.6 Å². The highest BCUT2D eigenvalue weighted by Crippen LogP contribution is 2.26. The highest BCUT2D eigenvalue weighted by atomic mass is 14.9. The molecule has 0 aromatic heterocycles. The molecule has 0 aliphatic heterocycles. The fourth-order valence-corrected chi connectivity index (χ4v) is 2.14. The Kier molecular flexibility index (Phi) is 5.21. The molecule has 0 spiro atoms. The zero-order chi connectivity index (χ0) is 13.7. The van der Waals surface area contributed by atoms with E-state index in [2.05, 4.69) is 63.9 Å². The van der Waals surface area contributed by atoms with Crippen LogP contribution < -0.4 is 5.32 Å². The molecule has 0 heterocycles. The van der Waals surface area contributed by atoms with Gasteiger partial charge in [-0.15, -0.1) is 0 Å². The lowest BCUT2D eigenvalue weighted by Gasteiger charge is -2.16. The Hall–Kier alpha value is -1.50. The first-order valence-corrected chi connectivity index (χ1v) is 6.61. The zero-order valence-electron chi connectivity index (χ0n) is 12.3. The van der Waals surface area contributed by atoms with E-state index in [1.807, 2.05) is 6.92 Å². The van der Waals surface area contributed by atoms with Crippen molar-refractivity contribution in [2.45, 2.75) is 41.2 Å². The summed E-state index contributed by atoms with van der Waals surface area (Å²) in [5.41, 5.74) is 6.44. The fraction of sp³-hybridized carbons (Fsp3) is 0.412. The largest absolute Gasteiger partial charge is 0.385 e. The topological polar surface area (TPSA) is 12.0 Å². The van der Waals surface area contributed by atoms with Crippen molar-refractivity contribution in [3.8, 4) is 0 Å². The number of benzene rings is 1. The Labute approximate surface area is 112 Å². The van der Waals surface area contributed by atoms with E-state index in [0.29, 0.717) is 5.92 Å². The summed E-state index contributed by atoms with van der Waals surface area (Å²) in [5.74, 6) is 0.554. The minimum atomic E-state index is 0.554. The lowest BCUT2D eigenvalue weighted by Crippen LogP contribution is -2.10. The predicted molar refractivity (Wildman–Crippen MR) is 81.3 cm³/mol. The first-order chi connectivity index (χ1) is 8.45. The van der Waals surface area contributed by atoms with Gasteiger partial charge in [0.15, 0.2) is 0 Å². The van der Waals surface area contributed by atoms with Crippen LogP contribution >= 0.6 is 0 Å². The van der Waals surface area contributed by atoms with Crippen molar-refractivity contribution in [2.24, 2.45) is 5.92 Å². The SMILES string of the molecule is C=C(C)NCc1ccc(C)c(/C(=C\C)C(C)C)c1. The minimum Gasteiger partial charge on any atom is -0.385 e. The van der Waals surface area contributed by atoms with E-state index in [1.165, 1.54) is 22.3 Å². The average Bonchev–Trinajstić information content (AvgIpc) is 2.30. The summed E-state index contributed by atoms with van der Waals surface area (Å²) >= 11 is 0. The second-order valence-corrected chi connectivity index (χ2v) is 5.18. The third-order valence-electron chi connectivity index (χ3n) is 3.14. The normalized spacial score (nSPS) is 11.8. The van der Waals surface area contributed by atoms with Crippen LogP contribution in [0.15, 0.2) is 36.6 Å². The average molecular weight is 243 g/mol. The molecule has 18 heavy (non-hydrogen) atoms. The maximum absolute atomic E-state index is 3.87. The Morgan fingerprint density at radius 2 is 2.06 bits per heavy atom. The fourth-order valence-electron chi connectivity index (χ4n) is 2.14. The molecule has 1 aromatic carbocycles. The van der Waals surface area contributed by atoms with E-state index < -0.39 is 0 Å². The van der Waals surface area contributed by atoms with Crippen molar-refractivity contribution in [3.05, 3.63) is 53.2 Å². The lowest BCUT2D eigenvalue weighted by molar-refractivity contribution is 0.813. The van der Waals surface area contributed by atoms with E-state index in [4.69, 9.17) is 0 Å². The molecule has 0 atom stereocenters. The number of rotatable bonds is 5. The molecule has 98 valence electrons. The third-order valence-corrected chi connectivity index (χ3v) is 3.14. The van der Waals surface area contributed by atoms with Gasteiger partial charge in [-0.05, 0) is 55.0 Å². The second kappa shape index (κ2) is 6.44. The summed E-state index contributed by atoms with van der Waals surface area (Å²) in [6, 6.07) is 6.68. The smallest absolute Gasteiger partial charge is 0.0397 e. The molecule has 1 heteroatoms. The highest BCUT2D eigenvalue weighted by molar-refractivity contribution is 5.69. The van der Waals surface area contributed by atoms with Crippen LogP contribution in [0.4, 0.5) is 0 Å². The molecule has 0 radical (unpaired) electrons. The van der Waals surface area contributed by atoms with Crippen molar-refractivity contribution >= 4 is 5.57 Å². The summed E-state index contributed by atoms with van der Waals surface area (Å²) in [4.78, 5) is 0. The number of aryl methyl sites for hydroxylation is 1. The molecule has 0 bridgehead atoms. The number of hydrogen-bond acceptors (Lipinski definition) is 1. The van der Waals surface area contributed by atoms with Gasteiger partial charge >= 0.3 is 0 Å². The molecule has 0 fully saturated rings. The van der Waals surface area contributed by atoms with Gasteiger partial charge in [0.1, 0.15) is 0 Å². The van der Waals surface area contributed by atoms with Crippen molar-refractivity contribution in [1.29, 1.82) is 0 Å². The van der Waals surface area contributed by atoms with Crippen LogP contribution in [0, 0.1) is 12.8 Å². The van der Waals surface area contributed by atoms with Crippen LogP contribution in [0.2, 0.25) is 0 Å². The van der Waals surface area contributed by atoms with Gasteiger partial charge < -0.3 is 5.32 Å². The van der Waals surface area contributed by atoms with E-state index >= 15 is 0 Å². The van der Waals surface area contributed by atoms with Gasteiger partial charge in [-0.2, -0.15) is 0 Å². The van der Waals surface area contributed by atoms with Gasteiger partial charge in [-0.25, -0.2) is 0 Å². The van der Waals surface area contributed by atoms with Crippen molar-refractivity contribution in [1.82, 2.24) is 5.32 Å². The van der Waals surface area contributed by atoms with Crippen molar-refractivity contribution in [3.63, 3.8) is 0 Å². The molecule has 0 saturated carbocycles. The van der Waals surface area contributed by atoms with Gasteiger partial charge in [0.05, 0.1) is 0 Å². The molecule has 0 saturated heterocycles. The van der Waals surface area contributed by atoms with Crippen LogP contribution in [0.25, 0.3) is 5.57 Å². The van der Waals surface area contributed by atoms with Crippen molar-refractivity contribution < 1.29 is 0 Å². The lowest BCUT2D eigenvalue weighted by atomic mass is 9.90. The second-order valence-electron chi connectivity index (χ2n) is 5.18. The highest BCUT2D eigenvalue weighted by Gasteiger charge is 2.09. The van der Waals surface area contributed by atoms with E-state index in [1.54, 1.807) is 0 Å². The summed E-state index contributed by atoms with van der Waals surface area (Å²) in [6.45, 7) is 15.5. The molecule has 1 rings (SSSR count). The summed E-state index contributed by atoms with van der Waals surface area (Å²) in [6.07, 6.45) is 2.23. The predicted octanol–water partition coefficient (Wildman–Crippen LogP) is 4.68. The summed E-state index contributed by atoms with van der Waals surface area (Å²) in [7, 11) is 0. The van der Waals surface area contributed by atoms with Crippen molar-refractivity contribution in [2.75, 3.05) is 0 Å². The van der Waals surface area contributed by atoms with Gasteiger partial charge in [0.25, 0.3) is 0 Å². The standard InChI is InChI=1S/C17H25N/c1-7-16(12(2)3)17-10-15(9-8-14(17)6)11-18-13(4)5/h7-10,12,18H,4,11H2,1-3,5-6H3/b16-7-. The molecule has 0 unspecified atom stereocenters. The zero-order valence-corrected chi connectivity index (χ0v) is 12.3. The van der Waals surface area contributed by atoms with E-state index in [9.17, 15) is 0 Å². The van der Waals surface area contributed by atoms with Crippen LogP contribution in [0.3, 0.4) is 0 Å². The molecule has 1 N–H and O–H groups in total. The van der Waals surface area contributed by atoms with Crippen LogP contribution in [-0.2, 0) is 6.54 Å². The van der Waals surface area contributed by atoms with Gasteiger partial charge in [0, 0.05) is 12.2 Å². The monoisotopic (exact) mass is 243 g/mol. The van der Waals surface area contributed by atoms with Crippen LogP contribution in [-0.4, -0.2) is 0 Å².